The summed E-state index contributed by atoms with van der Waals surface area (Å²) in [5, 5.41) is 15.6. The average Bonchev–Trinajstić information content (AvgIpc) is 3.40. The normalized spacial score (nSPS) is 24.5. The van der Waals surface area contributed by atoms with Crippen molar-refractivity contribution >= 4 is 35.6 Å². The number of halogens is 1. The van der Waals surface area contributed by atoms with E-state index in [2.05, 4.69) is 20.0 Å². The molecule has 14 heteroatoms. The molecule has 0 bridgehead atoms. The van der Waals surface area contributed by atoms with Gasteiger partial charge in [-0.3, -0.25) is 9.09 Å². The average molecular weight is 575 g/mol. The molecule has 0 aliphatic carbocycles. The molecule has 12 nitrogen and oxygen atoms in total. The van der Waals surface area contributed by atoms with Crippen LogP contribution in [0.3, 0.4) is 0 Å². The first kappa shape index (κ1) is 28.2. The molecule has 1 fully saturated rings. The number of imidazole rings is 1. The smallest absolute Gasteiger partial charge is 0.459 e. The molecule has 4 aromatic rings. The van der Waals surface area contributed by atoms with Crippen LogP contribution in [0.1, 0.15) is 33.9 Å². The molecule has 40 heavy (non-hydrogen) atoms. The predicted molar refractivity (Wildman–Crippen MR) is 147 cm³/mol. The molecule has 5 rings (SSSR count). The van der Waals surface area contributed by atoms with E-state index < -0.39 is 38.5 Å². The summed E-state index contributed by atoms with van der Waals surface area (Å²) in [5.74, 6) is 0.415. The summed E-state index contributed by atoms with van der Waals surface area (Å²) in [6.07, 6.45) is -3.15. The van der Waals surface area contributed by atoms with Crippen molar-refractivity contribution < 1.29 is 32.6 Å². The van der Waals surface area contributed by atoms with Crippen LogP contribution in [0.5, 0.6) is 11.6 Å². The topological polar surface area (TPSA) is 156 Å². The van der Waals surface area contributed by atoms with Crippen LogP contribution in [-0.4, -0.2) is 61.8 Å². The van der Waals surface area contributed by atoms with Crippen LogP contribution in [0.15, 0.2) is 48.8 Å². The highest BCUT2D eigenvalue weighted by molar-refractivity contribution is 7.52. The van der Waals surface area contributed by atoms with E-state index in [-0.39, 0.29) is 29.0 Å². The Hall–Kier alpha value is -3.35. The molecule has 0 radical (unpaired) electrons. The minimum Gasteiger partial charge on any atom is -0.476 e. The van der Waals surface area contributed by atoms with Crippen molar-refractivity contribution in [3.8, 4) is 11.6 Å². The number of nitrogens with one attached hydrogen (secondary N) is 1. The molecule has 5 atom stereocenters. The Kier molecular flexibility index (Phi) is 7.68. The Morgan fingerprint density at radius 2 is 2.00 bits per heavy atom. The Bertz CT molecular complexity index is 1560. The zero-order chi connectivity index (χ0) is 28.7. The number of anilines is 1. The van der Waals surface area contributed by atoms with E-state index in [1.807, 2.05) is 30.3 Å². The van der Waals surface area contributed by atoms with Crippen LogP contribution < -0.4 is 20.1 Å². The van der Waals surface area contributed by atoms with Gasteiger partial charge in [0.25, 0.3) is 0 Å². The molecule has 2 aromatic carbocycles. The minimum absolute atomic E-state index is 0.0849. The molecule has 1 aliphatic heterocycles. The van der Waals surface area contributed by atoms with Gasteiger partial charge < -0.3 is 24.8 Å². The predicted octanol–water partition coefficient (Wildman–Crippen LogP) is 4.15. The molecule has 0 spiro atoms. The SMILES string of the molecule is CCOc1nc(N)nc2c1ncn2C1O[C@H](COP(=O)(NC(C)C)Oc2cccc3ccccc23)[C@@H](F)[C@@]1(C)O. The zero-order valence-electron chi connectivity index (χ0n) is 22.5. The van der Waals surface area contributed by atoms with Gasteiger partial charge in [0, 0.05) is 11.4 Å². The highest BCUT2D eigenvalue weighted by Crippen LogP contribution is 2.49. The van der Waals surface area contributed by atoms with Crippen molar-refractivity contribution in [1.82, 2.24) is 24.6 Å². The summed E-state index contributed by atoms with van der Waals surface area (Å²) >= 11 is 0. The number of fused-ring (bicyclic) bond motifs is 2. The standard InChI is InChI=1S/C26H32FN6O6P/c1-5-36-23-20-22(30-25(28)31-23)33(14-29-20)24-26(4,34)21(27)19(38-24)13-37-40(35,32-15(2)3)39-18-12-8-10-16-9-6-7-11-17(16)18/h6-12,14-15,19,21,24,34H,5,13H2,1-4H3,(H,32,35)(H2,28,30,31)/t19-,21-,24?,26-,40?/m1/s1. The Morgan fingerprint density at radius 1 is 1.25 bits per heavy atom. The lowest BCUT2D eigenvalue weighted by Gasteiger charge is -2.26. The lowest BCUT2D eigenvalue weighted by atomic mass is 9.98. The van der Waals surface area contributed by atoms with Crippen molar-refractivity contribution in [1.29, 1.82) is 0 Å². The second kappa shape index (κ2) is 10.9. The van der Waals surface area contributed by atoms with Crippen LogP contribution in [-0.2, 0) is 13.8 Å². The van der Waals surface area contributed by atoms with E-state index in [1.54, 1.807) is 32.9 Å². The number of nitrogens with zero attached hydrogens (tertiary/aromatic N) is 4. The van der Waals surface area contributed by atoms with Crippen molar-refractivity contribution in [3.05, 3.63) is 48.8 Å². The number of hydrogen-bond acceptors (Lipinski definition) is 10. The third kappa shape index (κ3) is 5.35. The molecule has 1 aliphatic rings. The number of hydrogen-bond donors (Lipinski definition) is 3. The van der Waals surface area contributed by atoms with Gasteiger partial charge in [-0.15, -0.1) is 0 Å². The second-order valence-electron chi connectivity index (χ2n) is 9.94. The first-order valence-electron chi connectivity index (χ1n) is 12.9. The monoisotopic (exact) mass is 574 g/mol. The summed E-state index contributed by atoms with van der Waals surface area (Å²) in [5.41, 5.74) is 4.29. The van der Waals surface area contributed by atoms with Gasteiger partial charge in [0.05, 0.1) is 19.5 Å². The second-order valence-corrected chi connectivity index (χ2v) is 11.6. The van der Waals surface area contributed by atoms with Gasteiger partial charge in [-0.1, -0.05) is 36.4 Å². The molecular weight excluding hydrogens is 542 g/mol. The van der Waals surface area contributed by atoms with Gasteiger partial charge >= 0.3 is 7.75 Å². The van der Waals surface area contributed by atoms with Crippen LogP contribution in [0.2, 0.25) is 0 Å². The molecule has 2 unspecified atom stereocenters. The van der Waals surface area contributed by atoms with Crippen molar-refractivity contribution in [2.24, 2.45) is 0 Å². The molecule has 0 saturated carbocycles. The fraction of sp³-hybridized carbons (Fsp3) is 0.423. The lowest BCUT2D eigenvalue weighted by Crippen LogP contribution is -2.42. The number of alkyl halides is 1. The molecule has 3 heterocycles. The number of aliphatic hydroxyl groups is 1. The summed E-state index contributed by atoms with van der Waals surface area (Å²) in [6, 6.07) is 12.5. The molecule has 4 N–H and O–H groups in total. The third-order valence-corrected chi connectivity index (χ3v) is 8.18. The number of nitrogen functional groups attached to an aromatic ring is 1. The van der Waals surface area contributed by atoms with E-state index in [4.69, 9.17) is 24.3 Å². The van der Waals surface area contributed by atoms with Gasteiger partial charge in [-0.2, -0.15) is 9.97 Å². The number of ether oxygens (including phenoxy) is 2. The van der Waals surface area contributed by atoms with Crippen molar-refractivity contribution in [2.75, 3.05) is 18.9 Å². The first-order valence-corrected chi connectivity index (χ1v) is 14.4. The molecule has 0 amide bonds. The highest BCUT2D eigenvalue weighted by Gasteiger charge is 2.55. The summed E-state index contributed by atoms with van der Waals surface area (Å²) in [6.45, 7) is 6.46. The largest absolute Gasteiger partial charge is 0.476 e. The van der Waals surface area contributed by atoms with Crippen molar-refractivity contribution in [2.45, 2.75) is 57.8 Å². The van der Waals surface area contributed by atoms with E-state index in [0.717, 1.165) is 10.8 Å². The zero-order valence-corrected chi connectivity index (χ0v) is 23.4. The molecular formula is C26H32FN6O6P. The van der Waals surface area contributed by atoms with Crippen molar-refractivity contribution in [3.63, 3.8) is 0 Å². The van der Waals surface area contributed by atoms with Crippen LogP contribution in [0.25, 0.3) is 21.9 Å². The van der Waals surface area contributed by atoms with Gasteiger partial charge in [0.1, 0.15) is 17.5 Å². The number of benzene rings is 2. The Morgan fingerprint density at radius 3 is 2.75 bits per heavy atom. The Labute approximate surface area is 230 Å². The van der Waals surface area contributed by atoms with Gasteiger partial charge in [0.2, 0.25) is 11.8 Å². The van der Waals surface area contributed by atoms with Gasteiger partial charge in [0.15, 0.2) is 23.6 Å². The third-order valence-electron chi connectivity index (χ3n) is 6.42. The van der Waals surface area contributed by atoms with Gasteiger partial charge in [-0.05, 0) is 39.1 Å². The summed E-state index contributed by atoms with van der Waals surface area (Å²) < 4.78 is 53.9. The van der Waals surface area contributed by atoms with E-state index in [9.17, 15) is 9.67 Å². The molecule has 2 aromatic heterocycles. The maximum Gasteiger partial charge on any atom is 0.459 e. The minimum atomic E-state index is -4.01. The fourth-order valence-corrected chi connectivity index (χ4v) is 6.23. The van der Waals surface area contributed by atoms with Crippen LogP contribution in [0, 0.1) is 0 Å². The van der Waals surface area contributed by atoms with Gasteiger partial charge in [-0.25, -0.2) is 19.0 Å². The maximum absolute atomic E-state index is 15.6. The van der Waals surface area contributed by atoms with Crippen LogP contribution in [0.4, 0.5) is 10.3 Å². The number of nitrogens with two attached hydrogens (primary N) is 1. The Balaban J connectivity index is 1.39. The number of aromatic nitrogens is 4. The summed E-state index contributed by atoms with van der Waals surface area (Å²) in [7, 11) is -4.01. The fourth-order valence-electron chi connectivity index (χ4n) is 4.65. The quantitative estimate of drug-likeness (QED) is 0.234. The molecule has 214 valence electrons. The molecule has 1 saturated heterocycles. The van der Waals surface area contributed by atoms with Crippen LogP contribution >= 0.6 is 7.75 Å². The maximum atomic E-state index is 15.6. The highest BCUT2D eigenvalue weighted by atomic mass is 31.2. The van der Waals surface area contributed by atoms with E-state index >= 15 is 4.39 Å². The lowest BCUT2D eigenvalue weighted by molar-refractivity contribution is -0.0885. The summed E-state index contributed by atoms with van der Waals surface area (Å²) in [4.78, 5) is 12.5. The first-order chi connectivity index (χ1) is 19.0. The van der Waals surface area contributed by atoms with E-state index in [1.165, 1.54) is 17.8 Å². The van der Waals surface area contributed by atoms with E-state index in [0.29, 0.717) is 12.4 Å². The number of rotatable bonds is 10.